The Morgan fingerprint density at radius 1 is 1.37 bits per heavy atom. The highest BCUT2D eigenvalue weighted by Crippen LogP contribution is 2.32. The molecule has 1 saturated carbocycles. The van der Waals surface area contributed by atoms with E-state index in [1.54, 1.807) is 13.8 Å². The fraction of sp³-hybridized carbons (Fsp3) is 0.917. The van der Waals surface area contributed by atoms with Gasteiger partial charge in [0.25, 0.3) is 10.2 Å². The summed E-state index contributed by atoms with van der Waals surface area (Å²) in [6.45, 7) is 6.56. The van der Waals surface area contributed by atoms with Gasteiger partial charge in [0.05, 0.1) is 5.54 Å². The minimum absolute atomic E-state index is 0.0740. The number of nitrogens with two attached hydrogens (primary N) is 1. The Bertz CT molecular complexity index is 409. The molecule has 0 bridgehead atoms. The minimum atomic E-state index is -3.58. The lowest BCUT2D eigenvalue weighted by molar-refractivity contribution is 0.279. The molecule has 0 unspecified atom stereocenters. The van der Waals surface area contributed by atoms with Crippen molar-refractivity contribution in [3.8, 4) is 0 Å². The average Bonchev–Trinajstić information content (AvgIpc) is 2.33. The van der Waals surface area contributed by atoms with Gasteiger partial charge in [0.1, 0.15) is 5.84 Å². The quantitative estimate of drug-likeness (QED) is 0.503. The number of hydrogen-bond acceptors (Lipinski definition) is 3. The monoisotopic (exact) mass is 290 g/mol. The zero-order valence-electron chi connectivity index (χ0n) is 12.1. The third-order valence-corrected chi connectivity index (χ3v) is 5.86. The Labute approximate surface area is 116 Å². The highest BCUT2D eigenvalue weighted by atomic mass is 32.2. The topological polar surface area (TPSA) is 99.3 Å². The van der Waals surface area contributed by atoms with Crippen LogP contribution in [-0.4, -0.2) is 37.2 Å². The van der Waals surface area contributed by atoms with E-state index in [4.69, 9.17) is 11.1 Å². The van der Waals surface area contributed by atoms with Gasteiger partial charge >= 0.3 is 0 Å². The van der Waals surface area contributed by atoms with Crippen LogP contribution in [0.3, 0.4) is 0 Å². The SMILES string of the molecule is CCN(CC)S(=O)(=O)NC1(C(=N)N)CCC(C)CC1. The third-order valence-electron chi connectivity index (χ3n) is 4.01. The predicted octanol–water partition coefficient (Wildman–Crippen LogP) is 1.05. The van der Waals surface area contributed by atoms with E-state index in [9.17, 15) is 8.42 Å². The van der Waals surface area contributed by atoms with Crippen molar-refractivity contribution in [3.05, 3.63) is 0 Å². The maximum atomic E-state index is 12.3. The summed E-state index contributed by atoms with van der Waals surface area (Å²) >= 11 is 0. The summed E-state index contributed by atoms with van der Waals surface area (Å²) in [5, 5.41) is 7.77. The highest BCUT2D eigenvalue weighted by Gasteiger charge is 2.41. The molecule has 0 radical (unpaired) electrons. The second-order valence-electron chi connectivity index (χ2n) is 5.37. The third kappa shape index (κ3) is 3.67. The predicted molar refractivity (Wildman–Crippen MR) is 77.3 cm³/mol. The fourth-order valence-electron chi connectivity index (χ4n) is 2.56. The molecule has 0 spiro atoms. The average molecular weight is 290 g/mol. The summed E-state index contributed by atoms with van der Waals surface area (Å²) in [6, 6.07) is 0. The molecule has 1 aliphatic rings. The van der Waals surface area contributed by atoms with Gasteiger partial charge in [-0.1, -0.05) is 20.8 Å². The molecule has 7 heteroatoms. The molecule has 0 aromatic carbocycles. The van der Waals surface area contributed by atoms with Gasteiger partial charge in [-0.25, -0.2) is 0 Å². The Morgan fingerprint density at radius 3 is 2.21 bits per heavy atom. The molecule has 0 amide bonds. The summed E-state index contributed by atoms with van der Waals surface area (Å²) in [5.41, 5.74) is 4.78. The molecule has 0 aromatic rings. The first-order valence-corrected chi connectivity index (χ1v) is 8.35. The van der Waals surface area contributed by atoms with Gasteiger partial charge in [-0.15, -0.1) is 0 Å². The number of nitrogens with one attached hydrogen (secondary N) is 2. The Morgan fingerprint density at radius 2 is 1.84 bits per heavy atom. The van der Waals surface area contributed by atoms with Crippen LogP contribution in [0.5, 0.6) is 0 Å². The molecule has 0 saturated heterocycles. The van der Waals surface area contributed by atoms with Crippen LogP contribution in [0.4, 0.5) is 0 Å². The van der Waals surface area contributed by atoms with Gasteiger partial charge in [-0.3, -0.25) is 5.41 Å². The van der Waals surface area contributed by atoms with E-state index in [2.05, 4.69) is 11.6 Å². The van der Waals surface area contributed by atoms with E-state index in [-0.39, 0.29) is 5.84 Å². The van der Waals surface area contributed by atoms with Crippen LogP contribution in [0.2, 0.25) is 0 Å². The van der Waals surface area contributed by atoms with Gasteiger partial charge < -0.3 is 5.73 Å². The van der Waals surface area contributed by atoms with Crippen molar-refractivity contribution < 1.29 is 8.42 Å². The first-order valence-electron chi connectivity index (χ1n) is 6.91. The normalized spacial score (nSPS) is 28.5. The maximum absolute atomic E-state index is 12.3. The molecule has 0 heterocycles. The van der Waals surface area contributed by atoms with Gasteiger partial charge in [0.15, 0.2) is 0 Å². The van der Waals surface area contributed by atoms with Crippen LogP contribution >= 0.6 is 0 Å². The van der Waals surface area contributed by atoms with Crippen molar-refractivity contribution in [2.24, 2.45) is 11.7 Å². The van der Waals surface area contributed by atoms with E-state index >= 15 is 0 Å². The molecule has 1 rings (SSSR count). The number of rotatable bonds is 6. The van der Waals surface area contributed by atoms with Crippen LogP contribution in [-0.2, 0) is 10.2 Å². The Balaban J connectivity index is 2.94. The van der Waals surface area contributed by atoms with Gasteiger partial charge in [0, 0.05) is 13.1 Å². The van der Waals surface area contributed by atoms with Crippen molar-refractivity contribution in [1.29, 1.82) is 5.41 Å². The summed E-state index contributed by atoms with van der Waals surface area (Å²) in [7, 11) is -3.58. The first-order chi connectivity index (χ1) is 8.77. The lowest BCUT2D eigenvalue weighted by atomic mass is 9.77. The molecule has 1 aliphatic carbocycles. The lowest BCUT2D eigenvalue weighted by Crippen LogP contribution is -2.61. The van der Waals surface area contributed by atoms with Crippen LogP contribution in [0.25, 0.3) is 0 Å². The first kappa shape index (κ1) is 16.4. The van der Waals surface area contributed by atoms with Crippen molar-refractivity contribution in [2.45, 2.75) is 52.0 Å². The van der Waals surface area contributed by atoms with Crippen molar-refractivity contribution in [3.63, 3.8) is 0 Å². The maximum Gasteiger partial charge on any atom is 0.280 e. The molecule has 4 N–H and O–H groups in total. The molecule has 0 aliphatic heterocycles. The molecule has 0 atom stereocenters. The lowest BCUT2D eigenvalue weighted by Gasteiger charge is -2.39. The van der Waals surface area contributed by atoms with E-state index in [1.807, 2.05) is 0 Å². The molecular weight excluding hydrogens is 264 g/mol. The molecule has 1 fully saturated rings. The van der Waals surface area contributed by atoms with Crippen molar-refractivity contribution >= 4 is 16.0 Å². The highest BCUT2D eigenvalue weighted by molar-refractivity contribution is 7.87. The van der Waals surface area contributed by atoms with E-state index in [1.165, 1.54) is 4.31 Å². The summed E-state index contributed by atoms with van der Waals surface area (Å²) < 4.78 is 28.7. The largest absolute Gasteiger partial charge is 0.386 e. The van der Waals surface area contributed by atoms with Crippen molar-refractivity contribution in [2.75, 3.05) is 13.1 Å². The van der Waals surface area contributed by atoms with Gasteiger partial charge in [0.2, 0.25) is 0 Å². The number of nitrogens with zero attached hydrogens (tertiary/aromatic N) is 1. The molecule has 19 heavy (non-hydrogen) atoms. The van der Waals surface area contributed by atoms with E-state index in [0.717, 1.165) is 12.8 Å². The second kappa shape index (κ2) is 6.19. The van der Waals surface area contributed by atoms with Crippen molar-refractivity contribution in [1.82, 2.24) is 9.03 Å². The van der Waals surface area contributed by atoms with Crippen LogP contribution in [0, 0.1) is 11.3 Å². The van der Waals surface area contributed by atoms with E-state index < -0.39 is 15.7 Å². The molecule has 112 valence electrons. The van der Waals surface area contributed by atoms with Gasteiger partial charge in [-0.05, 0) is 31.6 Å². The minimum Gasteiger partial charge on any atom is -0.386 e. The second-order valence-corrected chi connectivity index (χ2v) is 7.04. The molecular formula is C12H26N4O2S. The van der Waals surface area contributed by atoms with Crippen LogP contribution in [0.1, 0.15) is 46.5 Å². The number of amidine groups is 1. The van der Waals surface area contributed by atoms with Crippen LogP contribution < -0.4 is 10.5 Å². The summed E-state index contributed by atoms with van der Waals surface area (Å²) in [6.07, 6.45) is 2.98. The fourth-order valence-corrected chi connectivity index (χ4v) is 4.17. The summed E-state index contributed by atoms with van der Waals surface area (Å²) in [4.78, 5) is 0. The zero-order valence-corrected chi connectivity index (χ0v) is 12.9. The summed E-state index contributed by atoms with van der Waals surface area (Å²) in [5.74, 6) is 0.487. The van der Waals surface area contributed by atoms with E-state index in [0.29, 0.717) is 31.8 Å². The number of hydrogen-bond donors (Lipinski definition) is 3. The van der Waals surface area contributed by atoms with Crippen LogP contribution in [0.15, 0.2) is 0 Å². The Hall–Kier alpha value is -0.660. The van der Waals surface area contributed by atoms with Gasteiger partial charge in [-0.2, -0.15) is 17.4 Å². The Kier molecular flexibility index (Phi) is 5.34. The smallest absolute Gasteiger partial charge is 0.280 e. The standard InChI is InChI=1S/C12H26N4O2S/c1-4-16(5-2)19(17,18)15-12(11(13)14)8-6-10(3)7-9-12/h10,15H,4-9H2,1-3H3,(H3,13,14). The molecule has 6 nitrogen and oxygen atoms in total. The zero-order chi connectivity index (χ0) is 14.7. The molecule has 0 aromatic heterocycles.